The molecule has 0 aromatic carbocycles. The van der Waals surface area contributed by atoms with Gasteiger partial charge in [-0.15, -0.1) is 11.3 Å². The monoisotopic (exact) mass is 316 g/mol. The summed E-state index contributed by atoms with van der Waals surface area (Å²) in [5, 5.41) is 4.07. The number of rotatable bonds is 4. The van der Waals surface area contributed by atoms with Gasteiger partial charge < -0.3 is 5.73 Å². The van der Waals surface area contributed by atoms with Gasteiger partial charge in [-0.3, -0.25) is 9.40 Å². The zero-order chi connectivity index (χ0) is 14.2. The Morgan fingerprint density at radius 3 is 2.68 bits per heavy atom. The Balaban J connectivity index is 2.32. The molecule has 0 saturated carbocycles. The number of hydrogen-bond acceptors (Lipinski definition) is 5. The second-order valence-electron chi connectivity index (χ2n) is 3.89. The van der Waals surface area contributed by atoms with Crippen LogP contribution < -0.4 is 10.5 Å². The summed E-state index contributed by atoms with van der Waals surface area (Å²) in [5.74, 6) is 0. The molecule has 0 amide bonds. The number of thiophene rings is 1. The lowest BCUT2D eigenvalue weighted by Gasteiger charge is -2.03. The average Bonchev–Trinajstić information content (AvgIpc) is 2.86. The fourth-order valence-electron chi connectivity index (χ4n) is 1.49. The minimum atomic E-state index is -3.64. The number of thiocarbonyl (C=S) groups is 1. The summed E-state index contributed by atoms with van der Waals surface area (Å²) < 4.78 is 28.6. The highest BCUT2D eigenvalue weighted by atomic mass is 32.2. The predicted molar refractivity (Wildman–Crippen MR) is 79.0 cm³/mol. The molecule has 2 aromatic heterocycles. The van der Waals surface area contributed by atoms with Gasteiger partial charge in [-0.1, -0.05) is 12.2 Å². The van der Waals surface area contributed by atoms with Crippen LogP contribution in [0.5, 0.6) is 0 Å². The van der Waals surface area contributed by atoms with E-state index in [0.717, 1.165) is 11.3 Å². The summed E-state index contributed by atoms with van der Waals surface area (Å²) in [7, 11) is -1.91. The molecule has 0 radical (unpaired) electrons. The first kappa shape index (κ1) is 14.0. The summed E-state index contributed by atoms with van der Waals surface area (Å²) >= 11 is 5.85. The Hall–Kier alpha value is -1.45. The first-order chi connectivity index (χ1) is 8.79. The van der Waals surface area contributed by atoms with Crippen LogP contribution in [0.3, 0.4) is 0 Å². The third-order valence-electron chi connectivity index (χ3n) is 2.35. The molecule has 102 valence electrons. The molecule has 19 heavy (non-hydrogen) atoms. The van der Waals surface area contributed by atoms with Crippen LogP contribution in [0, 0.1) is 6.92 Å². The molecule has 2 rings (SSSR count). The highest BCUT2D eigenvalue weighted by molar-refractivity contribution is 7.94. The lowest BCUT2D eigenvalue weighted by molar-refractivity contribution is 0.603. The van der Waals surface area contributed by atoms with Crippen molar-refractivity contribution < 1.29 is 8.42 Å². The number of anilines is 1. The van der Waals surface area contributed by atoms with Gasteiger partial charge in [0.2, 0.25) is 0 Å². The Labute approximate surface area is 120 Å². The summed E-state index contributed by atoms with van der Waals surface area (Å²) in [6, 6.07) is 3.07. The van der Waals surface area contributed by atoms with E-state index in [-0.39, 0.29) is 9.20 Å². The van der Waals surface area contributed by atoms with Crippen LogP contribution in [0.15, 0.2) is 22.5 Å². The molecule has 6 nitrogen and oxygen atoms in total. The molecule has 0 aliphatic carbocycles. The quantitative estimate of drug-likeness (QED) is 0.828. The van der Waals surface area contributed by atoms with E-state index in [0.29, 0.717) is 16.3 Å². The van der Waals surface area contributed by atoms with Crippen molar-refractivity contribution in [2.45, 2.75) is 11.1 Å². The fourth-order valence-corrected chi connectivity index (χ4v) is 3.95. The maximum Gasteiger partial charge on any atom is 0.271 e. The molecule has 0 unspecified atom stereocenters. The smallest absolute Gasteiger partial charge is 0.271 e. The highest BCUT2D eigenvalue weighted by Gasteiger charge is 2.19. The summed E-state index contributed by atoms with van der Waals surface area (Å²) in [5.41, 5.74) is 6.52. The van der Waals surface area contributed by atoms with Gasteiger partial charge in [0.25, 0.3) is 10.0 Å². The molecule has 0 spiro atoms. The molecule has 0 aliphatic heterocycles. The van der Waals surface area contributed by atoms with E-state index >= 15 is 0 Å². The summed E-state index contributed by atoms with van der Waals surface area (Å²) in [6.45, 7) is 1.73. The molecular weight excluding hydrogens is 304 g/mol. The fraction of sp³-hybridized carbons (Fsp3) is 0.200. The van der Waals surface area contributed by atoms with Crippen molar-refractivity contribution in [3.8, 4) is 0 Å². The second-order valence-corrected chi connectivity index (χ2v) is 7.32. The van der Waals surface area contributed by atoms with Gasteiger partial charge in [0.05, 0.1) is 16.3 Å². The maximum atomic E-state index is 12.2. The van der Waals surface area contributed by atoms with E-state index in [1.807, 2.05) is 0 Å². The van der Waals surface area contributed by atoms with Crippen LogP contribution >= 0.6 is 23.6 Å². The second kappa shape index (κ2) is 4.91. The Morgan fingerprint density at radius 2 is 2.21 bits per heavy atom. The van der Waals surface area contributed by atoms with Crippen LogP contribution in [0.4, 0.5) is 5.69 Å². The zero-order valence-electron chi connectivity index (χ0n) is 10.2. The average molecular weight is 316 g/mol. The van der Waals surface area contributed by atoms with Crippen molar-refractivity contribution in [3.05, 3.63) is 28.9 Å². The van der Waals surface area contributed by atoms with Gasteiger partial charge >= 0.3 is 0 Å². The number of nitrogens with two attached hydrogens (primary N) is 1. The number of sulfonamides is 1. The number of hydrogen-bond donors (Lipinski definition) is 2. The molecule has 0 aliphatic rings. The Kier molecular flexibility index (Phi) is 3.61. The van der Waals surface area contributed by atoms with Gasteiger partial charge in [-0.2, -0.15) is 5.10 Å². The number of nitrogens with zero attached hydrogens (tertiary/aromatic N) is 2. The van der Waals surface area contributed by atoms with E-state index in [2.05, 4.69) is 9.82 Å². The Bertz CT molecular complexity index is 730. The molecule has 2 aromatic rings. The van der Waals surface area contributed by atoms with Gasteiger partial charge in [0.15, 0.2) is 0 Å². The highest BCUT2D eigenvalue weighted by Crippen LogP contribution is 2.24. The first-order valence-corrected chi connectivity index (χ1v) is 7.93. The number of aryl methyl sites for hydroxylation is 2. The molecule has 9 heteroatoms. The molecule has 3 N–H and O–H groups in total. The van der Waals surface area contributed by atoms with Crippen LogP contribution in [0.2, 0.25) is 0 Å². The lowest BCUT2D eigenvalue weighted by atomic mass is 10.4. The SMILES string of the molecule is Cc1nn(C)cc1NS(=O)(=O)c1ccc(C(N)=S)s1. The molecule has 0 bridgehead atoms. The molecule has 0 fully saturated rings. The maximum absolute atomic E-state index is 12.2. The Morgan fingerprint density at radius 1 is 1.53 bits per heavy atom. The van der Waals surface area contributed by atoms with Crippen molar-refractivity contribution in [3.63, 3.8) is 0 Å². The van der Waals surface area contributed by atoms with Crippen LogP contribution in [0.1, 0.15) is 10.6 Å². The van der Waals surface area contributed by atoms with E-state index in [4.69, 9.17) is 18.0 Å². The molecule has 2 heterocycles. The predicted octanol–water partition coefficient (Wildman–Crippen LogP) is 1.23. The minimum absolute atomic E-state index is 0.165. The van der Waals surface area contributed by atoms with Crippen molar-refractivity contribution in [2.24, 2.45) is 12.8 Å². The van der Waals surface area contributed by atoms with E-state index in [1.165, 1.54) is 6.07 Å². The van der Waals surface area contributed by atoms with Gasteiger partial charge in [-0.25, -0.2) is 8.42 Å². The van der Waals surface area contributed by atoms with E-state index in [9.17, 15) is 8.42 Å². The summed E-state index contributed by atoms with van der Waals surface area (Å²) in [6.07, 6.45) is 1.61. The zero-order valence-corrected chi connectivity index (χ0v) is 12.7. The number of aromatic nitrogens is 2. The van der Waals surface area contributed by atoms with Crippen molar-refractivity contribution in [2.75, 3.05) is 4.72 Å². The van der Waals surface area contributed by atoms with Crippen LogP contribution in [0.25, 0.3) is 0 Å². The first-order valence-electron chi connectivity index (χ1n) is 5.22. The molecular formula is C10H12N4O2S3. The van der Waals surface area contributed by atoms with Gasteiger partial charge in [0, 0.05) is 13.2 Å². The van der Waals surface area contributed by atoms with Crippen LogP contribution in [-0.4, -0.2) is 23.2 Å². The number of nitrogens with one attached hydrogen (secondary N) is 1. The molecule has 0 saturated heterocycles. The third-order valence-corrected chi connectivity index (χ3v) is 5.67. The lowest BCUT2D eigenvalue weighted by Crippen LogP contribution is -2.12. The van der Waals surface area contributed by atoms with Crippen LogP contribution in [-0.2, 0) is 17.1 Å². The van der Waals surface area contributed by atoms with Crippen molar-refractivity contribution >= 4 is 44.3 Å². The summed E-state index contributed by atoms with van der Waals surface area (Å²) in [4.78, 5) is 0.752. The topological polar surface area (TPSA) is 90.0 Å². The van der Waals surface area contributed by atoms with E-state index in [1.54, 1.807) is 30.9 Å². The standard InChI is InChI=1S/C10H12N4O2S3/c1-6-7(5-14(2)12-6)13-19(15,16)9-4-3-8(18-9)10(11)17/h3-5,13H,1-2H3,(H2,11,17). The largest absolute Gasteiger partial charge is 0.389 e. The normalized spacial score (nSPS) is 11.5. The van der Waals surface area contributed by atoms with Gasteiger partial charge in [-0.05, 0) is 19.1 Å². The third kappa shape index (κ3) is 2.94. The molecule has 0 atom stereocenters. The van der Waals surface area contributed by atoms with E-state index < -0.39 is 10.0 Å². The van der Waals surface area contributed by atoms with Gasteiger partial charge in [0.1, 0.15) is 9.20 Å². The van der Waals surface area contributed by atoms with Crippen molar-refractivity contribution in [1.29, 1.82) is 0 Å². The minimum Gasteiger partial charge on any atom is -0.389 e. The van der Waals surface area contributed by atoms with Crippen molar-refractivity contribution in [1.82, 2.24) is 9.78 Å².